The second-order valence-electron chi connectivity index (χ2n) is 4.01. The second kappa shape index (κ2) is 8.64. The monoisotopic (exact) mass is 289 g/mol. The molecule has 2 N–H and O–H groups in total. The first-order valence-corrected chi connectivity index (χ1v) is 7.64. The van der Waals surface area contributed by atoms with Crippen LogP contribution in [0.25, 0.3) is 0 Å². The Bertz CT molecular complexity index is 357. The van der Waals surface area contributed by atoms with Crippen molar-refractivity contribution >= 4 is 23.4 Å². The van der Waals surface area contributed by atoms with Gasteiger partial charge in [0.15, 0.2) is 0 Å². The Morgan fingerprint density at radius 2 is 2.28 bits per heavy atom. The number of aliphatic hydroxyl groups excluding tert-OH is 1. The topological polar surface area (TPSA) is 41.5 Å². The van der Waals surface area contributed by atoms with E-state index in [2.05, 4.69) is 11.6 Å². The number of halogens is 1. The van der Waals surface area contributed by atoms with Gasteiger partial charge in [-0.1, -0.05) is 17.7 Å². The molecule has 0 aliphatic rings. The summed E-state index contributed by atoms with van der Waals surface area (Å²) in [6.07, 6.45) is 2.83. The van der Waals surface area contributed by atoms with Gasteiger partial charge in [0.2, 0.25) is 0 Å². The fourth-order valence-electron chi connectivity index (χ4n) is 1.68. The van der Waals surface area contributed by atoms with E-state index in [9.17, 15) is 0 Å². The maximum Gasteiger partial charge on any atom is 0.137 e. The van der Waals surface area contributed by atoms with Gasteiger partial charge in [0.05, 0.1) is 12.1 Å². The second-order valence-corrected chi connectivity index (χ2v) is 5.33. The number of nitrogens with one attached hydrogen (secondary N) is 1. The van der Waals surface area contributed by atoms with Gasteiger partial charge < -0.3 is 15.2 Å². The maximum absolute atomic E-state index is 8.99. The molecule has 0 heterocycles. The molecule has 0 aliphatic carbocycles. The summed E-state index contributed by atoms with van der Waals surface area (Å²) in [7, 11) is 1.61. The summed E-state index contributed by atoms with van der Waals surface area (Å²) in [6, 6.07) is 6.09. The van der Waals surface area contributed by atoms with Crippen LogP contribution in [0.1, 0.15) is 12.0 Å². The van der Waals surface area contributed by atoms with E-state index >= 15 is 0 Å². The average Bonchev–Trinajstić information content (AvgIpc) is 2.36. The van der Waals surface area contributed by atoms with Crippen molar-refractivity contribution in [3.63, 3.8) is 0 Å². The largest absolute Gasteiger partial charge is 0.495 e. The quantitative estimate of drug-likeness (QED) is 0.772. The normalized spacial score (nSPS) is 12.4. The molecule has 5 heteroatoms. The summed E-state index contributed by atoms with van der Waals surface area (Å²) in [5.41, 5.74) is 1.12. The Hall–Kier alpha value is -0.420. The third kappa shape index (κ3) is 5.06. The smallest absolute Gasteiger partial charge is 0.137 e. The number of rotatable bonds is 8. The van der Waals surface area contributed by atoms with Crippen LogP contribution in [0.5, 0.6) is 5.75 Å². The van der Waals surface area contributed by atoms with E-state index in [1.807, 2.05) is 18.2 Å². The standard InChI is InChI=1S/C13H20ClNO2S/c1-17-13-4-3-10(7-12(13)14)8-15-11(5-6-16)9-18-2/h3-4,7,11,15-16H,5-6,8-9H2,1-2H3. The van der Waals surface area contributed by atoms with Crippen LogP contribution in [-0.2, 0) is 6.54 Å². The molecule has 1 rings (SSSR count). The molecule has 18 heavy (non-hydrogen) atoms. The molecular formula is C13H20ClNO2S. The third-order valence-electron chi connectivity index (χ3n) is 2.66. The zero-order valence-electron chi connectivity index (χ0n) is 10.8. The molecule has 3 nitrogen and oxygen atoms in total. The van der Waals surface area contributed by atoms with E-state index < -0.39 is 0 Å². The van der Waals surface area contributed by atoms with Crippen LogP contribution in [0, 0.1) is 0 Å². The minimum absolute atomic E-state index is 0.210. The van der Waals surface area contributed by atoms with Crippen LogP contribution in [0.2, 0.25) is 5.02 Å². The molecular weight excluding hydrogens is 270 g/mol. The Labute approximate surface area is 118 Å². The Morgan fingerprint density at radius 3 is 2.83 bits per heavy atom. The van der Waals surface area contributed by atoms with Gasteiger partial charge in [-0.3, -0.25) is 0 Å². The molecule has 0 saturated heterocycles. The van der Waals surface area contributed by atoms with E-state index in [-0.39, 0.29) is 6.61 Å². The van der Waals surface area contributed by atoms with Crippen molar-refractivity contribution < 1.29 is 9.84 Å². The summed E-state index contributed by atoms with van der Waals surface area (Å²) in [5.74, 6) is 1.68. The molecule has 1 aromatic rings. The molecule has 102 valence electrons. The van der Waals surface area contributed by atoms with Gasteiger partial charge in [-0.05, 0) is 30.4 Å². The van der Waals surface area contributed by atoms with Crippen molar-refractivity contribution in [1.29, 1.82) is 0 Å². The summed E-state index contributed by atoms with van der Waals surface area (Å²) in [5, 5.41) is 13.0. The van der Waals surface area contributed by atoms with Crippen LogP contribution in [0.3, 0.4) is 0 Å². The van der Waals surface area contributed by atoms with Crippen molar-refractivity contribution in [2.75, 3.05) is 25.7 Å². The van der Waals surface area contributed by atoms with E-state index in [1.165, 1.54) is 0 Å². The molecule has 0 saturated carbocycles. The number of thioether (sulfide) groups is 1. The molecule has 0 bridgehead atoms. The molecule has 1 atom stereocenters. The molecule has 0 aliphatic heterocycles. The first kappa shape index (κ1) is 15.6. The molecule has 0 aromatic heterocycles. The van der Waals surface area contributed by atoms with Gasteiger partial charge in [0.1, 0.15) is 5.75 Å². The molecule has 0 spiro atoms. The van der Waals surface area contributed by atoms with Gasteiger partial charge in [-0.2, -0.15) is 11.8 Å². The summed E-state index contributed by atoms with van der Waals surface area (Å²) >= 11 is 7.84. The first-order valence-electron chi connectivity index (χ1n) is 5.86. The van der Waals surface area contributed by atoms with Crippen LogP contribution in [0.15, 0.2) is 18.2 Å². The molecule has 1 aromatic carbocycles. The minimum atomic E-state index is 0.210. The van der Waals surface area contributed by atoms with Crippen LogP contribution in [0.4, 0.5) is 0 Å². The zero-order chi connectivity index (χ0) is 13.4. The Morgan fingerprint density at radius 1 is 1.50 bits per heavy atom. The molecule has 0 radical (unpaired) electrons. The van der Waals surface area contributed by atoms with Crippen LogP contribution >= 0.6 is 23.4 Å². The highest BCUT2D eigenvalue weighted by molar-refractivity contribution is 7.98. The Kier molecular flexibility index (Phi) is 7.51. The summed E-state index contributed by atoms with van der Waals surface area (Å²) in [4.78, 5) is 0. The van der Waals surface area contributed by atoms with E-state index in [4.69, 9.17) is 21.4 Å². The summed E-state index contributed by atoms with van der Waals surface area (Å²) in [6.45, 7) is 0.955. The minimum Gasteiger partial charge on any atom is -0.495 e. The number of methoxy groups -OCH3 is 1. The van der Waals surface area contributed by atoms with Crippen molar-refractivity contribution in [2.45, 2.75) is 19.0 Å². The van der Waals surface area contributed by atoms with E-state index in [0.29, 0.717) is 16.8 Å². The van der Waals surface area contributed by atoms with Gasteiger partial charge in [-0.25, -0.2) is 0 Å². The van der Waals surface area contributed by atoms with Crippen molar-refractivity contribution in [3.05, 3.63) is 28.8 Å². The highest BCUT2D eigenvalue weighted by atomic mass is 35.5. The SMILES string of the molecule is COc1ccc(CNC(CCO)CSC)cc1Cl. The van der Waals surface area contributed by atoms with Gasteiger partial charge in [0.25, 0.3) is 0 Å². The van der Waals surface area contributed by atoms with E-state index in [0.717, 1.165) is 24.3 Å². The van der Waals surface area contributed by atoms with Gasteiger partial charge >= 0.3 is 0 Å². The summed E-state index contributed by atoms with van der Waals surface area (Å²) < 4.78 is 5.11. The third-order valence-corrected chi connectivity index (χ3v) is 3.69. The zero-order valence-corrected chi connectivity index (χ0v) is 12.4. The maximum atomic E-state index is 8.99. The predicted octanol–water partition coefficient (Wildman–Crippen LogP) is 2.55. The molecule has 1 unspecified atom stereocenters. The fourth-order valence-corrected chi connectivity index (χ4v) is 2.65. The predicted molar refractivity (Wildman–Crippen MR) is 78.7 cm³/mol. The first-order chi connectivity index (χ1) is 8.71. The number of benzene rings is 1. The average molecular weight is 290 g/mol. The number of hydrogen-bond donors (Lipinski definition) is 2. The number of aliphatic hydroxyl groups is 1. The number of ether oxygens (including phenoxy) is 1. The lowest BCUT2D eigenvalue weighted by molar-refractivity contribution is 0.270. The highest BCUT2D eigenvalue weighted by Gasteiger charge is 2.07. The van der Waals surface area contributed by atoms with E-state index in [1.54, 1.807) is 18.9 Å². The highest BCUT2D eigenvalue weighted by Crippen LogP contribution is 2.24. The van der Waals surface area contributed by atoms with Crippen molar-refractivity contribution in [3.8, 4) is 5.75 Å². The molecule has 0 amide bonds. The molecule has 0 fully saturated rings. The van der Waals surface area contributed by atoms with Gasteiger partial charge in [-0.15, -0.1) is 0 Å². The van der Waals surface area contributed by atoms with Crippen molar-refractivity contribution in [1.82, 2.24) is 5.32 Å². The fraction of sp³-hybridized carbons (Fsp3) is 0.538. The van der Waals surface area contributed by atoms with Gasteiger partial charge in [0, 0.05) is 24.9 Å². The lowest BCUT2D eigenvalue weighted by Gasteiger charge is -2.17. The lowest BCUT2D eigenvalue weighted by Crippen LogP contribution is -2.31. The van der Waals surface area contributed by atoms with Crippen molar-refractivity contribution in [2.24, 2.45) is 0 Å². The Balaban J connectivity index is 2.53. The van der Waals surface area contributed by atoms with Crippen LogP contribution < -0.4 is 10.1 Å². The lowest BCUT2D eigenvalue weighted by atomic mass is 10.2. The van der Waals surface area contributed by atoms with Crippen LogP contribution in [-0.4, -0.2) is 36.9 Å². The number of hydrogen-bond acceptors (Lipinski definition) is 4.